The van der Waals surface area contributed by atoms with Crippen LogP contribution in [0.25, 0.3) is 0 Å². The van der Waals surface area contributed by atoms with Gasteiger partial charge in [-0.1, -0.05) is 27.2 Å². The quantitative estimate of drug-likeness (QED) is 0.0951. The van der Waals surface area contributed by atoms with Gasteiger partial charge < -0.3 is 33.8 Å². The monoisotopic (exact) mass is 496 g/mol. The molecule has 0 radical (unpaired) electrons. The van der Waals surface area contributed by atoms with Crippen molar-refractivity contribution in [3.63, 3.8) is 0 Å². The van der Waals surface area contributed by atoms with Crippen LogP contribution in [0.15, 0.2) is 0 Å². The van der Waals surface area contributed by atoms with Gasteiger partial charge in [0, 0.05) is 19.8 Å². The van der Waals surface area contributed by atoms with Crippen LogP contribution in [0, 0.1) is 0 Å². The molecule has 6 atom stereocenters. The zero-order chi connectivity index (χ0) is 23.7. The summed E-state index contributed by atoms with van der Waals surface area (Å²) >= 11 is 0. The van der Waals surface area contributed by atoms with E-state index in [0.29, 0.717) is 25.7 Å². The lowest BCUT2D eigenvalue weighted by Crippen LogP contribution is -2.67. The Labute approximate surface area is 181 Å². The molecule has 0 aromatic heterocycles. The Kier molecular flexibility index (Phi) is 12.8. The number of ether oxygens (including phenoxy) is 3. The molecule has 15 heteroatoms. The first-order valence-electron chi connectivity index (χ1n) is 10.1. The van der Waals surface area contributed by atoms with Crippen LogP contribution in [-0.2, 0) is 37.3 Å². The molecule has 1 aliphatic carbocycles. The van der Waals surface area contributed by atoms with Gasteiger partial charge in [0.15, 0.2) is 6.10 Å². The molecule has 1 rings (SSSR count). The number of rotatable bonds is 15. The third-order valence-corrected chi connectivity index (χ3v) is 5.46. The zero-order valence-corrected chi connectivity index (χ0v) is 19.6. The Morgan fingerprint density at radius 2 is 1.00 bits per heavy atom. The number of phosphoric ester groups is 2. The minimum atomic E-state index is -5.12. The van der Waals surface area contributed by atoms with E-state index in [1.54, 1.807) is 13.8 Å². The molecule has 0 aliphatic heterocycles. The molecule has 31 heavy (non-hydrogen) atoms. The van der Waals surface area contributed by atoms with Gasteiger partial charge in [0.1, 0.15) is 30.5 Å². The van der Waals surface area contributed by atoms with Crippen LogP contribution in [0.2, 0.25) is 0 Å². The predicted octanol–water partition coefficient (Wildman–Crippen LogP) is 1.59. The maximum Gasteiger partial charge on any atom is 0.470 e. The molecule has 1 aliphatic rings. The Balaban J connectivity index is 3.48. The lowest BCUT2D eigenvalue weighted by molar-refractivity contribution is -0.356. The highest BCUT2D eigenvalue weighted by molar-refractivity contribution is 7.46. The van der Waals surface area contributed by atoms with Crippen LogP contribution >= 0.6 is 15.6 Å². The Bertz CT molecular complexity index is 550. The molecule has 0 saturated heterocycles. The summed E-state index contributed by atoms with van der Waals surface area (Å²) in [5, 5.41) is 9.56. The summed E-state index contributed by atoms with van der Waals surface area (Å²) in [6, 6.07) is 0. The van der Waals surface area contributed by atoms with Crippen LogP contribution in [0.1, 0.15) is 46.5 Å². The highest BCUT2D eigenvalue weighted by Crippen LogP contribution is 2.47. The van der Waals surface area contributed by atoms with Gasteiger partial charge >= 0.3 is 15.6 Å². The van der Waals surface area contributed by atoms with Gasteiger partial charge in [-0.25, -0.2) is 14.0 Å². The van der Waals surface area contributed by atoms with Crippen molar-refractivity contribution in [3.8, 4) is 0 Å². The first-order chi connectivity index (χ1) is 14.5. The van der Waals surface area contributed by atoms with Crippen molar-refractivity contribution in [2.75, 3.05) is 19.8 Å². The molecule has 0 amide bonds. The van der Waals surface area contributed by atoms with Crippen molar-refractivity contribution in [2.45, 2.75) is 83.1 Å². The standard InChI is InChI=1S/C16H34O13P2/c1-4-7-10-26-13-15(28-30(18,19)20)11(24-8-5-2)14(27-17)12(25-9-6-3)16(13)29-31(21,22)23/h11-17H,4-10H2,1-3H3,(H2,18,19,20)(H2,21,22,23)/t11-,12+,13?,14?,15-,16?/m0/s1. The van der Waals surface area contributed by atoms with Crippen molar-refractivity contribution in [3.05, 3.63) is 0 Å². The predicted molar refractivity (Wildman–Crippen MR) is 106 cm³/mol. The molecule has 3 unspecified atom stereocenters. The number of hydrogen-bond donors (Lipinski definition) is 5. The largest absolute Gasteiger partial charge is 0.470 e. The molecule has 1 fully saturated rings. The summed E-state index contributed by atoms with van der Waals surface area (Å²) in [5.41, 5.74) is 0. The fourth-order valence-corrected chi connectivity index (χ4v) is 4.35. The summed E-state index contributed by atoms with van der Waals surface area (Å²) in [5.74, 6) is 0. The second kappa shape index (κ2) is 13.7. The lowest BCUT2D eigenvalue weighted by Gasteiger charge is -2.48. The van der Waals surface area contributed by atoms with Crippen LogP contribution in [0.4, 0.5) is 0 Å². The van der Waals surface area contributed by atoms with E-state index in [1.807, 2.05) is 6.92 Å². The molecule has 0 aromatic rings. The van der Waals surface area contributed by atoms with Gasteiger partial charge in [0.25, 0.3) is 0 Å². The Hall–Kier alpha value is 0.0200. The summed E-state index contributed by atoms with van der Waals surface area (Å²) in [6.07, 6.45) is -6.37. The molecular weight excluding hydrogens is 462 g/mol. The highest BCUT2D eigenvalue weighted by Gasteiger charge is 2.58. The minimum absolute atomic E-state index is 0.0782. The Morgan fingerprint density at radius 1 is 0.613 bits per heavy atom. The second-order valence-electron chi connectivity index (χ2n) is 7.05. The maximum absolute atomic E-state index is 11.7. The number of hydrogen-bond acceptors (Lipinski definition) is 9. The molecule has 5 N–H and O–H groups in total. The van der Waals surface area contributed by atoms with E-state index in [9.17, 15) is 34.0 Å². The minimum Gasteiger partial charge on any atom is -0.373 e. The maximum atomic E-state index is 11.7. The van der Waals surface area contributed by atoms with Crippen LogP contribution in [-0.4, -0.2) is 81.3 Å². The molecule has 0 aromatic carbocycles. The fourth-order valence-electron chi connectivity index (χ4n) is 3.24. The second-order valence-corrected chi connectivity index (χ2v) is 9.43. The van der Waals surface area contributed by atoms with Crippen molar-refractivity contribution in [1.29, 1.82) is 0 Å². The average molecular weight is 496 g/mol. The van der Waals surface area contributed by atoms with Crippen molar-refractivity contribution in [1.82, 2.24) is 0 Å². The van der Waals surface area contributed by atoms with Gasteiger partial charge in [-0.2, -0.15) is 0 Å². The fraction of sp³-hybridized carbons (Fsp3) is 1.00. The lowest BCUT2D eigenvalue weighted by atomic mass is 9.84. The third kappa shape index (κ3) is 9.81. The highest BCUT2D eigenvalue weighted by atomic mass is 31.2. The van der Waals surface area contributed by atoms with E-state index in [4.69, 9.17) is 23.3 Å². The van der Waals surface area contributed by atoms with Crippen LogP contribution in [0.5, 0.6) is 0 Å². The molecule has 0 heterocycles. The van der Waals surface area contributed by atoms with E-state index >= 15 is 0 Å². The van der Waals surface area contributed by atoms with Gasteiger partial charge in [0.05, 0.1) is 0 Å². The van der Waals surface area contributed by atoms with Crippen molar-refractivity contribution >= 4 is 15.6 Å². The smallest absolute Gasteiger partial charge is 0.373 e. The molecular formula is C16H34O13P2. The SMILES string of the molecule is CCCCOC1C(OP(=O)(O)O)[C@H](OCCC)C(OO)[C@H](OCCC)[C@@H]1OP(=O)(O)O. The van der Waals surface area contributed by atoms with Crippen LogP contribution < -0.4 is 0 Å². The van der Waals surface area contributed by atoms with Crippen LogP contribution in [0.3, 0.4) is 0 Å². The van der Waals surface area contributed by atoms with Gasteiger partial charge in [-0.15, -0.1) is 0 Å². The Morgan fingerprint density at radius 3 is 1.32 bits per heavy atom. The summed E-state index contributed by atoms with van der Waals surface area (Å²) < 4.78 is 50.2. The third-order valence-electron chi connectivity index (χ3n) is 4.42. The summed E-state index contributed by atoms with van der Waals surface area (Å²) in [6.45, 7) is 5.75. The van der Waals surface area contributed by atoms with E-state index in [2.05, 4.69) is 4.89 Å². The first-order valence-corrected chi connectivity index (χ1v) is 13.2. The number of phosphoric acid groups is 2. The molecule has 0 bridgehead atoms. The van der Waals surface area contributed by atoms with Crippen molar-refractivity contribution in [2.24, 2.45) is 0 Å². The number of unbranched alkanes of at least 4 members (excludes halogenated alkanes) is 1. The molecule has 0 spiro atoms. The molecule has 13 nitrogen and oxygen atoms in total. The van der Waals surface area contributed by atoms with E-state index < -0.39 is 52.3 Å². The summed E-state index contributed by atoms with van der Waals surface area (Å²) in [7, 11) is -10.2. The molecule has 1 saturated carbocycles. The topological polar surface area (TPSA) is 191 Å². The van der Waals surface area contributed by atoms with E-state index in [0.717, 1.165) is 0 Å². The average Bonchev–Trinajstić information content (AvgIpc) is 2.65. The normalized spacial score (nSPS) is 29.9. The molecule has 186 valence electrons. The van der Waals surface area contributed by atoms with Crippen molar-refractivity contribution < 1.29 is 62.1 Å². The van der Waals surface area contributed by atoms with Gasteiger partial charge in [-0.3, -0.25) is 14.3 Å². The van der Waals surface area contributed by atoms with E-state index in [-0.39, 0.29) is 19.8 Å². The first kappa shape index (κ1) is 29.1. The zero-order valence-electron chi connectivity index (χ0n) is 17.8. The van der Waals surface area contributed by atoms with Gasteiger partial charge in [-0.05, 0) is 19.3 Å². The summed E-state index contributed by atoms with van der Waals surface area (Å²) in [4.78, 5) is 42.2. The van der Waals surface area contributed by atoms with Gasteiger partial charge in [0.2, 0.25) is 0 Å². The van der Waals surface area contributed by atoms with E-state index in [1.165, 1.54) is 0 Å².